The number of imidazole rings is 1. The van der Waals surface area contributed by atoms with Gasteiger partial charge in [0.1, 0.15) is 0 Å². The van der Waals surface area contributed by atoms with Crippen molar-refractivity contribution in [2.24, 2.45) is 4.99 Å². The molecule has 14 heavy (non-hydrogen) atoms. The van der Waals surface area contributed by atoms with E-state index in [2.05, 4.69) is 21.5 Å². The fourth-order valence-corrected chi connectivity index (χ4v) is 2.41. The highest BCUT2D eigenvalue weighted by Crippen LogP contribution is 2.28. The van der Waals surface area contributed by atoms with Crippen molar-refractivity contribution in [1.29, 1.82) is 0 Å². The first kappa shape index (κ1) is 8.21. The predicted octanol–water partition coefficient (Wildman–Crippen LogP) is 2.26. The zero-order valence-corrected chi connectivity index (χ0v) is 8.58. The van der Waals surface area contributed by atoms with Gasteiger partial charge in [-0.05, 0) is 32.6 Å². The van der Waals surface area contributed by atoms with Crippen LogP contribution in [0.4, 0.5) is 5.95 Å². The maximum absolute atomic E-state index is 4.62. The minimum Gasteiger partial charge on any atom is -0.312 e. The second-order valence-corrected chi connectivity index (χ2v) is 4.26. The zero-order chi connectivity index (χ0) is 9.54. The van der Waals surface area contributed by atoms with Gasteiger partial charge in [-0.3, -0.25) is 0 Å². The summed E-state index contributed by atoms with van der Waals surface area (Å²) < 4.78 is 2.32. The Morgan fingerprint density at radius 1 is 1.14 bits per heavy atom. The van der Waals surface area contributed by atoms with Gasteiger partial charge in [-0.25, -0.2) is 9.98 Å². The van der Waals surface area contributed by atoms with Gasteiger partial charge in [0.15, 0.2) is 0 Å². The quantitative estimate of drug-likeness (QED) is 0.615. The molecule has 0 unspecified atom stereocenters. The highest BCUT2D eigenvalue weighted by Gasteiger charge is 2.21. The lowest BCUT2D eigenvalue weighted by Crippen LogP contribution is -2.13. The Bertz CT molecular complexity index is 401. The Morgan fingerprint density at radius 2 is 2.00 bits per heavy atom. The summed E-state index contributed by atoms with van der Waals surface area (Å²) in [6.45, 7) is 3.18. The lowest BCUT2D eigenvalue weighted by atomic mass is 10.0. The van der Waals surface area contributed by atoms with E-state index in [0.29, 0.717) is 0 Å². The largest absolute Gasteiger partial charge is 0.312 e. The van der Waals surface area contributed by atoms with E-state index in [-0.39, 0.29) is 0 Å². The SMILES string of the molecule is CC1=Nc2nc3c(n2CC1)CCCC3. The molecular weight excluding hydrogens is 174 g/mol. The molecule has 2 aliphatic rings. The summed E-state index contributed by atoms with van der Waals surface area (Å²) in [6, 6.07) is 0. The first-order valence-electron chi connectivity index (χ1n) is 5.47. The molecule has 0 atom stereocenters. The number of rotatable bonds is 0. The maximum atomic E-state index is 4.62. The summed E-state index contributed by atoms with van der Waals surface area (Å²) >= 11 is 0. The van der Waals surface area contributed by atoms with E-state index < -0.39 is 0 Å². The van der Waals surface area contributed by atoms with Crippen LogP contribution in [0.3, 0.4) is 0 Å². The number of nitrogens with zero attached hydrogens (tertiary/aromatic N) is 3. The molecule has 0 saturated carbocycles. The van der Waals surface area contributed by atoms with Gasteiger partial charge in [0.05, 0.1) is 5.69 Å². The number of aromatic nitrogens is 2. The topological polar surface area (TPSA) is 30.2 Å². The summed E-state index contributed by atoms with van der Waals surface area (Å²) in [6.07, 6.45) is 6.07. The van der Waals surface area contributed by atoms with Gasteiger partial charge in [-0.1, -0.05) is 0 Å². The summed E-state index contributed by atoms with van der Waals surface area (Å²) in [5, 5.41) is 0. The zero-order valence-electron chi connectivity index (χ0n) is 8.58. The van der Waals surface area contributed by atoms with Crippen LogP contribution in [0.5, 0.6) is 0 Å². The third-order valence-electron chi connectivity index (χ3n) is 3.20. The van der Waals surface area contributed by atoms with Gasteiger partial charge >= 0.3 is 0 Å². The molecule has 0 radical (unpaired) electrons. The van der Waals surface area contributed by atoms with E-state index in [1.807, 2.05) is 0 Å². The fourth-order valence-electron chi connectivity index (χ4n) is 2.41. The smallest absolute Gasteiger partial charge is 0.229 e. The number of fused-ring (bicyclic) bond motifs is 3. The van der Waals surface area contributed by atoms with Gasteiger partial charge in [-0.2, -0.15) is 0 Å². The number of aryl methyl sites for hydroxylation is 1. The Hall–Kier alpha value is -1.12. The van der Waals surface area contributed by atoms with Gasteiger partial charge in [-0.15, -0.1) is 0 Å². The van der Waals surface area contributed by atoms with E-state index in [1.54, 1.807) is 0 Å². The molecule has 3 nitrogen and oxygen atoms in total. The minimum absolute atomic E-state index is 0.959. The molecule has 0 bridgehead atoms. The third-order valence-corrected chi connectivity index (χ3v) is 3.20. The molecule has 74 valence electrons. The third kappa shape index (κ3) is 1.11. The lowest BCUT2D eigenvalue weighted by Gasteiger charge is -2.16. The Morgan fingerprint density at radius 3 is 2.93 bits per heavy atom. The molecule has 1 aromatic rings. The van der Waals surface area contributed by atoms with Gasteiger partial charge in [0.2, 0.25) is 5.95 Å². The summed E-state index contributed by atoms with van der Waals surface area (Å²) in [5.74, 6) is 0.959. The van der Waals surface area contributed by atoms with Gasteiger partial charge in [0.25, 0.3) is 0 Å². The lowest BCUT2D eigenvalue weighted by molar-refractivity contribution is 0.607. The Kier molecular flexibility index (Phi) is 1.72. The Labute approximate surface area is 83.9 Å². The molecule has 1 aliphatic heterocycles. The summed E-state index contributed by atoms with van der Waals surface area (Å²) in [5.41, 5.74) is 3.99. The van der Waals surface area contributed by atoms with Crippen molar-refractivity contribution >= 4 is 11.7 Å². The van der Waals surface area contributed by atoms with Crippen LogP contribution in [0.2, 0.25) is 0 Å². The average Bonchev–Trinajstić information content (AvgIpc) is 2.54. The van der Waals surface area contributed by atoms with Crippen molar-refractivity contribution < 1.29 is 0 Å². The number of hydrogen-bond donors (Lipinski definition) is 0. The molecule has 0 aromatic carbocycles. The molecular formula is C11H15N3. The molecule has 0 fully saturated rings. The molecule has 2 heterocycles. The van der Waals surface area contributed by atoms with E-state index >= 15 is 0 Å². The average molecular weight is 189 g/mol. The summed E-state index contributed by atoms with van der Waals surface area (Å²) in [7, 11) is 0. The monoisotopic (exact) mass is 189 g/mol. The van der Waals surface area contributed by atoms with Crippen molar-refractivity contribution in [1.82, 2.24) is 9.55 Å². The molecule has 0 saturated heterocycles. The minimum atomic E-state index is 0.959. The normalized spacial score (nSPS) is 19.9. The second-order valence-electron chi connectivity index (χ2n) is 4.26. The summed E-state index contributed by atoms with van der Waals surface area (Å²) in [4.78, 5) is 9.14. The molecule has 3 rings (SSSR count). The number of hydrogen-bond acceptors (Lipinski definition) is 2. The van der Waals surface area contributed by atoms with Crippen LogP contribution in [0.1, 0.15) is 37.6 Å². The van der Waals surface area contributed by atoms with Crippen molar-refractivity contribution in [2.45, 2.75) is 45.6 Å². The van der Waals surface area contributed by atoms with E-state index in [0.717, 1.165) is 25.3 Å². The second kappa shape index (κ2) is 2.94. The van der Waals surface area contributed by atoms with Crippen LogP contribution in [-0.4, -0.2) is 15.3 Å². The van der Waals surface area contributed by atoms with E-state index in [9.17, 15) is 0 Å². The van der Waals surface area contributed by atoms with Crippen LogP contribution >= 0.6 is 0 Å². The van der Waals surface area contributed by atoms with Crippen LogP contribution in [-0.2, 0) is 19.4 Å². The molecule has 1 aliphatic carbocycles. The van der Waals surface area contributed by atoms with E-state index in [1.165, 1.54) is 36.4 Å². The van der Waals surface area contributed by atoms with Crippen molar-refractivity contribution in [2.75, 3.05) is 0 Å². The molecule has 0 amide bonds. The van der Waals surface area contributed by atoms with E-state index in [4.69, 9.17) is 0 Å². The highest BCUT2D eigenvalue weighted by atomic mass is 15.2. The van der Waals surface area contributed by atoms with Crippen LogP contribution in [0, 0.1) is 0 Å². The molecule has 3 heteroatoms. The molecule has 1 aromatic heterocycles. The van der Waals surface area contributed by atoms with Crippen LogP contribution < -0.4 is 0 Å². The predicted molar refractivity (Wildman–Crippen MR) is 56.3 cm³/mol. The first-order chi connectivity index (χ1) is 6.84. The fraction of sp³-hybridized carbons (Fsp3) is 0.636. The van der Waals surface area contributed by atoms with Crippen molar-refractivity contribution in [3.05, 3.63) is 11.4 Å². The first-order valence-corrected chi connectivity index (χ1v) is 5.47. The van der Waals surface area contributed by atoms with Gasteiger partial charge in [0, 0.05) is 24.4 Å². The van der Waals surface area contributed by atoms with Crippen LogP contribution in [0.25, 0.3) is 0 Å². The highest BCUT2D eigenvalue weighted by molar-refractivity contribution is 5.84. The maximum Gasteiger partial charge on any atom is 0.229 e. The van der Waals surface area contributed by atoms with Crippen molar-refractivity contribution in [3.63, 3.8) is 0 Å². The molecule has 0 N–H and O–H groups in total. The Balaban J connectivity index is 2.13. The van der Waals surface area contributed by atoms with Crippen molar-refractivity contribution in [3.8, 4) is 0 Å². The van der Waals surface area contributed by atoms with Crippen LogP contribution in [0.15, 0.2) is 4.99 Å². The molecule has 0 spiro atoms. The van der Waals surface area contributed by atoms with Gasteiger partial charge < -0.3 is 4.57 Å². The number of aliphatic imine (C=N–C) groups is 1. The standard InChI is InChI=1S/C11H15N3/c1-8-6-7-14-10-5-3-2-4-9(10)13-11(14)12-8/h2-7H2,1H3.